The van der Waals surface area contributed by atoms with Crippen LogP contribution in [0.1, 0.15) is 43.1 Å². The van der Waals surface area contributed by atoms with Gasteiger partial charge in [0.1, 0.15) is 0 Å². The molecule has 7 heteroatoms. The minimum atomic E-state index is -3.36. The van der Waals surface area contributed by atoms with E-state index >= 15 is 0 Å². The maximum absolute atomic E-state index is 12.4. The van der Waals surface area contributed by atoms with E-state index in [1.165, 1.54) is 6.07 Å². The van der Waals surface area contributed by atoms with Gasteiger partial charge < -0.3 is 11.1 Å². The number of rotatable bonds is 6. The second-order valence-electron chi connectivity index (χ2n) is 6.57. The molecule has 0 fully saturated rings. The topological polar surface area (TPSA) is 89.3 Å². The molecule has 1 aromatic rings. The van der Waals surface area contributed by atoms with Crippen molar-refractivity contribution in [2.45, 2.75) is 44.6 Å². The number of hydrogen-bond donors (Lipinski definition) is 2. The molecule has 23 heavy (non-hydrogen) atoms. The summed E-state index contributed by atoms with van der Waals surface area (Å²) in [5.41, 5.74) is 6.24. The van der Waals surface area contributed by atoms with Crippen LogP contribution in [0.5, 0.6) is 0 Å². The van der Waals surface area contributed by atoms with E-state index in [2.05, 4.69) is 19.2 Å². The molecular weight excluding hydrogens is 336 g/mol. The van der Waals surface area contributed by atoms with Crippen molar-refractivity contribution < 1.29 is 13.2 Å². The molecule has 3 N–H and O–H groups in total. The minimum absolute atomic E-state index is 0. The van der Waals surface area contributed by atoms with Gasteiger partial charge in [-0.25, -0.2) is 8.42 Å². The van der Waals surface area contributed by atoms with Gasteiger partial charge in [0.25, 0.3) is 5.91 Å². The molecule has 0 saturated heterocycles. The van der Waals surface area contributed by atoms with E-state index in [0.29, 0.717) is 23.6 Å². The van der Waals surface area contributed by atoms with Crippen molar-refractivity contribution in [1.82, 2.24) is 5.32 Å². The number of nitrogens with one attached hydrogen (secondary N) is 1. The average Bonchev–Trinajstić information content (AvgIpc) is 2.36. The molecule has 0 radical (unpaired) electrons. The van der Waals surface area contributed by atoms with Gasteiger partial charge in [0, 0.05) is 23.9 Å². The second kappa shape index (κ2) is 8.13. The van der Waals surface area contributed by atoms with E-state index in [-0.39, 0.29) is 23.2 Å². The first kappa shape index (κ1) is 21.9. The van der Waals surface area contributed by atoms with Crippen molar-refractivity contribution >= 4 is 28.2 Å². The summed E-state index contributed by atoms with van der Waals surface area (Å²) >= 11 is 0. The Hall–Kier alpha value is -1.11. The highest BCUT2D eigenvalue weighted by molar-refractivity contribution is 7.90. The summed E-state index contributed by atoms with van der Waals surface area (Å²) in [5.74, 6) is 0.0805. The number of amides is 1. The SMILES string of the molecule is Cc1ccc(C(=O)NC(C)(CN)CC(C)C)cc1S(C)(=O)=O.Cl. The van der Waals surface area contributed by atoms with Crippen LogP contribution in [0, 0.1) is 12.8 Å². The molecule has 132 valence electrons. The highest BCUT2D eigenvalue weighted by atomic mass is 35.5. The van der Waals surface area contributed by atoms with Gasteiger partial charge >= 0.3 is 0 Å². The summed E-state index contributed by atoms with van der Waals surface area (Å²) in [4.78, 5) is 12.6. The predicted molar refractivity (Wildman–Crippen MR) is 95.9 cm³/mol. The summed E-state index contributed by atoms with van der Waals surface area (Å²) in [6.07, 6.45) is 1.89. The molecule has 0 heterocycles. The first-order chi connectivity index (χ1) is 9.98. The van der Waals surface area contributed by atoms with Gasteiger partial charge in [-0.05, 0) is 43.9 Å². The lowest BCUT2D eigenvalue weighted by atomic mass is 9.90. The first-order valence-corrected chi connectivity index (χ1v) is 9.21. The van der Waals surface area contributed by atoms with Gasteiger partial charge in [0.15, 0.2) is 9.84 Å². The molecule has 0 aromatic heterocycles. The van der Waals surface area contributed by atoms with Crippen molar-refractivity contribution in [3.05, 3.63) is 29.3 Å². The number of aryl methyl sites for hydroxylation is 1. The molecule has 0 saturated carbocycles. The lowest BCUT2D eigenvalue weighted by molar-refractivity contribution is 0.0898. The Morgan fingerprint density at radius 1 is 1.35 bits per heavy atom. The normalized spacial score (nSPS) is 14.0. The third-order valence-corrected chi connectivity index (χ3v) is 4.81. The van der Waals surface area contributed by atoms with E-state index in [4.69, 9.17) is 5.73 Å². The van der Waals surface area contributed by atoms with Gasteiger partial charge in [-0.15, -0.1) is 12.4 Å². The highest BCUT2D eigenvalue weighted by Gasteiger charge is 2.26. The van der Waals surface area contributed by atoms with Crippen LogP contribution in [-0.4, -0.2) is 32.7 Å². The lowest BCUT2D eigenvalue weighted by Gasteiger charge is -2.31. The van der Waals surface area contributed by atoms with Crippen LogP contribution in [0.15, 0.2) is 23.1 Å². The molecule has 0 aliphatic carbocycles. The first-order valence-electron chi connectivity index (χ1n) is 7.32. The Morgan fingerprint density at radius 3 is 2.35 bits per heavy atom. The van der Waals surface area contributed by atoms with Crippen molar-refractivity contribution in [2.24, 2.45) is 11.7 Å². The van der Waals surface area contributed by atoms with Crippen molar-refractivity contribution in [1.29, 1.82) is 0 Å². The molecule has 0 spiro atoms. The van der Waals surface area contributed by atoms with Crippen molar-refractivity contribution in [3.63, 3.8) is 0 Å². The Labute approximate surface area is 145 Å². The molecule has 0 aliphatic heterocycles. The summed E-state index contributed by atoms with van der Waals surface area (Å²) in [5, 5.41) is 2.93. The molecule has 0 aliphatic rings. The Morgan fingerprint density at radius 2 is 1.91 bits per heavy atom. The number of nitrogens with two attached hydrogens (primary N) is 1. The summed E-state index contributed by atoms with van der Waals surface area (Å²) < 4.78 is 23.5. The number of carbonyl (C=O) groups excluding carboxylic acids is 1. The standard InChI is InChI=1S/C16H26N2O3S.ClH/c1-11(2)9-16(4,10-17)18-15(19)13-7-6-12(3)14(8-13)22(5,20)21;/h6-8,11H,9-10,17H2,1-5H3,(H,18,19);1H. The van der Waals surface area contributed by atoms with Crippen LogP contribution in [-0.2, 0) is 9.84 Å². The lowest BCUT2D eigenvalue weighted by Crippen LogP contribution is -2.52. The van der Waals surface area contributed by atoms with Crippen molar-refractivity contribution in [2.75, 3.05) is 12.8 Å². The van der Waals surface area contributed by atoms with Crippen molar-refractivity contribution in [3.8, 4) is 0 Å². The maximum Gasteiger partial charge on any atom is 0.251 e. The van der Waals surface area contributed by atoms with Gasteiger partial charge in [0.05, 0.1) is 4.90 Å². The predicted octanol–water partition coefficient (Wildman–Crippen LogP) is 2.31. The van der Waals surface area contributed by atoms with Gasteiger partial charge in [-0.1, -0.05) is 19.9 Å². The third-order valence-electron chi connectivity index (χ3n) is 3.57. The quantitative estimate of drug-likeness (QED) is 0.812. The third kappa shape index (κ3) is 6.12. The fourth-order valence-electron chi connectivity index (χ4n) is 2.57. The summed E-state index contributed by atoms with van der Waals surface area (Å²) in [6, 6.07) is 4.70. The molecule has 5 nitrogen and oxygen atoms in total. The molecule has 1 unspecified atom stereocenters. The monoisotopic (exact) mass is 362 g/mol. The minimum Gasteiger partial charge on any atom is -0.346 e. The molecule has 1 rings (SSSR count). The van der Waals surface area contributed by atoms with E-state index in [1.807, 2.05) is 6.92 Å². The molecule has 1 amide bonds. The van der Waals surface area contributed by atoms with E-state index < -0.39 is 15.4 Å². The van der Waals surface area contributed by atoms with E-state index in [9.17, 15) is 13.2 Å². The van der Waals surface area contributed by atoms with Crippen LogP contribution in [0.25, 0.3) is 0 Å². The number of carbonyl (C=O) groups is 1. The molecule has 1 atom stereocenters. The maximum atomic E-state index is 12.4. The highest BCUT2D eigenvalue weighted by Crippen LogP contribution is 2.19. The molecule has 0 bridgehead atoms. The zero-order valence-corrected chi connectivity index (χ0v) is 16.0. The van der Waals surface area contributed by atoms with Crippen LogP contribution >= 0.6 is 12.4 Å². The number of halogens is 1. The average molecular weight is 363 g/mol. The van der Waals surface area contributed by atoms with Crippen LogP contribution in [0.2, 0.25) is 0 Å². The Balaban J connectivity index is 0.00000484. The Bertz CT molecular complexity index is 659. The van der Waals surface area contributed by atoms with Gasteiger partial charge in [-0.3, -0.25) is 4.79 Å². The molecular formula is C16H27ClN2O3S. The van der Waals surface area contributed by atoms with E-state index in [0.717, 1.165) is 12.7 Å². The Kier molecular flexibility index (Phi) is 7.73. The second-order valence-corrected chi connectivity index (χ2v) is 8.55. The van der Waals surface area contributed by atoms with Gasteiger partial charge in [-0.2, -0.15) is 0 Å². The van der Waals surface area contributed by atoms with Crippen LogP contribution in [0.3, 0.4) is 0 Å². The smallest absolute Gasteiger partial charge is 0.251 e. The molecule has 1 aromatic carbocycles. The van der Waals surface area contributed by atoms with Crippen LogP contribution in [0.4, 0.5) is 0 Å². The fourth-order valence-corrected chi connectivity index (χ4v) is 3.57. The van der Waals surface area contributed by atoms with E-state index in [1.54, 1.807) is 19.1 Å². The van der Waals surface area contributed by atoms with Crippen LogP contribution < -0.4 is 11.1 Å². The zero-order valence-electron chi connectivity index (χ0n) is 14.3. The number of benzene rings is 1. The van der Waals surface area contributed by atoms with Gasteiger partial charge in [0.2, 0.25) is 0 Å². The summed E-state index contributed by atoms with van der Waals surface area (Å²) in [7, 11) is -3.36. The zero-order chi connectivity index (χ0) is 17.1. The number of sulfone groups is 1. The fraction of sp³-hybridized carbons (Fsp3) is 0.562. The number of hydrogen-bond acceptors (Lipinski definition) is 4. The largest absolute Gasteiger partial charge is 0.346 e. The summed E-state index contributed by atoms with van der Waals surface area (Å²) in [6.45, 7) is 8.06.